The predicted molar refractivity (Wildman–Crippen MR) is 57.4 cm³/mol. The van der Waals surface area contributed by atoms with Gasteiger partial charge in [0.15, 0.2) is 0 Å². The predicted octanol–water partition coefficient (Wildman–Crippen LogP) is 4.11. The van der Waals surface area contributed by atoms with Crippen molar-refractivity contribution in [3.63, 3.8) is 0 Å². The normalized spacial score (nSPS) is 12.3. The fourth-order valence-electron chi connectivity index (χ4n) is 1.44. The maximum absolute atomic E-state index is 12.8. The first-order valence-electron chi connectivity index (χ1n) is 5.34. The summed E-state index contributed by atoms with van der Waals surface area (Å²) in [6.07, 6.45) is -7.62. The lowest BCUT2D eigenvalue weighted by molar-refractivity contribution is -0.143. The van der Waals surface area contributed by atoms with E-state index in [4.69, 9.17) is 4.74 Å². The van der Waals surface area contributed by atoms with Crippen LogP contribution >= 0.6 is 0 Å². The number of benzene rings is 1. The van der Waals surface area contributed by atoms with Gasteiger partial charge in [-0.15, -0.1) is 10.2 Å². The minimum absolute atomic E-state index is 0.0160. The van der Waals surface area contributed by atoms with Gasteiger partial charge >= 0.3 is 12.4 Å². The first-order chi connectivity index (χ1) is 9.68. The van der Waals surface area contributed by atoms with E-state index in [1.165, 1.54) is 12.1 Å². The molecule has 0 fully saturated rings. The SMILES string of the molecule is FC(F)(F)c1ccc(Oc2cc[c]nn2)c(C(F)(F)F)c1. The summed E-state index contributed by atoms with van der Waals surface area (Å²) in [5, 5.41) is 6.62. The van der Waals surface area contributed by atoms with Gasteiger partial charge in [0, 0.05) is 6.07 Å². The van der Waals surface area contributed by atoms with Gasteiger partial charge in [0.1, 0.15) is 11.9 Å². The van der Waals surface area contributed by atoms with E-state index in [2.05, 4.69) is 16.4 Å². The van der Waals surface area contributed by atoms with Crippen molar-refractivity contribution in [3.8, 4) is 11.6 Å². The second-order valence-electron chi connectivity index (χ2n) is 3.81. The van der Waals surface area contributed by atoms with Crippen LogP contribution in [0.15, 0.2) is 30.3 Å². The summed E-state index contributed by atoms with van der Waals surface area (Å²) >= 11 is 0. The van der Waals surface area contributed by atoms with Crippen LogP contribution < -0.4 is 4.74 Å². The van der Waals surface area contributed by atoms with Gasteiger partial charge in [-0.25, -0.2) is 0 Å². The molecule has 0 spiro atoms. The third-order valence-electron chi connectivity index (χ3n) is 2.33. The molecule has 3 nitrogen and oxygen atoms in total. The van der Waals surface area contributed by atoms with Crippen LogP contribution in [0.4, 0.5) is 26.3 Å². The lowest BCUT2D eigenvalue weighted by Gasteiger charge is -2.15. The van der Waals surface area contributed by atoms with Crippen molar-refractivity contribution in [2.24, 2.45) is 0 Å². The summed E-state index contributed by atoms with van der Waals surface area (Å²) in [4.78, 5) is 0. The first-order valence-corrected chi connectivity index (χ1v) is 5.34. The Morgan fingerprint density at radius 2 is 1.67 bits per heavy atom. The summed E-state index contributed by atoms with van der Waals surface area (Å²) in [6, 6.07) is 3.47. The van der Waals surface area contributed by atoms with Gasteiger partial charge in [-0.05, 0) is 24.3 Å². The van der Waals surface area contributed by atoms with Gasteiger partial charge in [-0.3, -0.25) is 0 Å². The Labute approximate surface area is 114 Å². The number of ether oxygens (including phenoxy) is 1. The minimum Gasteiger partial charge on any atom is -0.437 e. The molecular formula is C12H5F6N2O. The summed E-state index contributed by atoms with van der Waals surface area (Å²) < 4.78 is 80.8. The van der Waals surface area contributed by atoms with E-state index in [9.17, 15) is 26.3 Å². The molecule has 1 aromatic carbocycles. The summed E-state index contributed by atoms with van der Waals surface area (Å²) in [7, 11) is 0. The molecule has 0 atom stereocenters. The zero-order valence-corrected chi connectivity index (χ0v) is 9.96. The second kappa shape index (κ2) is 5.23. The smallest absolute Gasteiger partial charge is 0.420 e. The molecule has 0 aliphatic heterocycles. The molecule has 0 aliphatic rings. The quantitative estimate of drug-likeness (QED) is 0.783. The molecule has 0 unspecified atom stereocenters. The van der Waals surface area contributed by atoms with Gasteiger partial charge in [0.2, 0.25) is 5.88 Å². The van der Waals surface area contributed by atoms with Crippen LogP contribution in [0, 0.1) is 6.20 Å². The van der Waals surface area contributed by atoms with Crippen LogP contribution in [0.3, 0.4) is 0 Å². The number of hydrogen-bond acceptors (Lipinski definition) is 3. The molecule has 111 valence electrons. The highest BCUT2D eigenvalue weighted by Crippen LogP contribution is 2.41. The van der Waals surface area contributed by atoms with E-state index in [0.717, 1.165) is 0 Å². The number of alkyl halides is 6. The number of hydrogen-bond donors (Lipinski definition) is 0. The standard InChI is InChI=1S/C12H5F6N2O/c13-11(14,15)7-3-4-9(8(6-7)12(16,17)18)21-10-2-1-5-19-20-10/h1-4,6H. The van der Waals surface area contributed by atoms with Gasteiger partial charge in [-0.2, -0.15) is 26.3 Å². The molecule has 0 saturated heterocycles. The Kier molecular flexibility index (Phi) is 3.75. The zero-order chi connectivity index (χ0) is 15.7. The fourth-order valence-corrected chi connectivity index (χ4v) is 1.44. The average Bonchev–Trinajstić information content (AvgIpc) is 2.38. The zero-order valence-electron chi connectivity index (χ0n) is 9.96. The molecular weight excluding hydrogens is 302 g/mol. The highest BCUT2D eigenvalue weighted by molar-refractivity contribution is 5.41. The van der Waals surface area contributed by atoms with Crippen LogP contribution in [-0.2, 0) is 12.4 Å². The van der Waals surface area contributed by atoms with Crippen molar-refractivity contribution >= 4 is 0 Å². The van der Waals surface area contributed by atoms with Crippen LogP contribution in [0.25, 0.3) is 0 Å². The lowest BCUT2D eigenvalue weighted by Crippen LogP contribution is -2.12. The Morgan fingerprint density at radius 1 is 0.952 bits per heavy atom. The van der Waals surface area contributed by atoms with E-state index in [-0.39, 0.29) is 11.9 Å². The van der Waals surface area contributed by atoms with Crippen LogP contribution in [0.5, 0.6) is 11.6 Å². The Morgan fingerprint density at radius 3 is 2.19 bits per heavy atom. The molecule has 1 heterocycles. The maximum Gasteiger partial charge on any atom is 0.420 e. The highest BCUT2D eigenvalue weighted by Gasteiger charge is 2.39. The van der Waals surface area contributed by atoms with E-state index in [0.29, 0.717) is 12.1 Å². The van der Waals surface area contributed by atoms with Crippen LogP contribution in [-0.4, -0.2) is 10.2 Å². The molecule has 0 aliphatic carbocycles. The van der Waals surface area contributed by atoms with Gasteiger partial charge in [-0.1, -0.05) is 0 Å². The van der Waals surface area contributed by atoms with Gasteiger partial charge in [0.25, 0.3) is 0 Å². The summed E-state index contributed by atoms with van der Waals surface area (Å²) in [6.45, 7) is 0. The summed E-state index contributed by atoms with van der Waals surface area (Å²) in [5.74, 6) is -1.09. The topological polar surface area (TPSA) is 35.0 Å². The molecule has 21 heavy (non-hydrogen) atoms. The Hall–Kier alpha value is -2.32. The second-order valence-corrected chi connectivity index (χ2v) is 3.81. The fraction of sp³-hybridized carbons (Fsp3) is 0.167. The first kappa shape index (κ1) is 15.1. The monoisotopic (exact) mass is 307 g/mol. The molecule has 0 N–H and O–H groups in total. The molecule has 0 amide bonds. The van der Waals surface area contributed by atoms with Crippen molar-refractivity contribution < 1.29 is 31.1 Å². The number of aromatic nitrogens is 2. The molecule has 2 rings (SSSR count). The molecule has 0 saturated carbocycles. The van der Waals surface area contributed by atoms with Crippen molar-refractivity contribution in [2.45, 2.75) is 12.4 Å². The highest BCUT2D eigenvalue weighted by atomic mass is 19.4. The minimum atomic E-state index is -5.01. The van der Waals surface area contributed by atoms with Gasteiger partial charge in [0.05, 0.1) is 11.1 Å². The molecule has 9 heteroatoms. The van der Waals surface area contributed by atoms with E-state index < -0.39 is 29.2 Å². The third-order valence-corrected chi connectivity index (χ3v) is 2.33. The molecule has 0 bridgehead atoms. The van der Waals surface area contributed by atoms with Crippen molar-refractivity contribution in [1.82, 2.24) is 10.2 Å². The average molecular weight is 307 g/mol. The lowest BCUT2D eigenvalue weighted by atomic mass is 10.1. The number of rotatable bonds is 2. The summed E-state index contributed by atoms with van der Waals surface area (Å²) in [5.41, 5.74) is -2.97. The molecule has 2 aromatic rings. The Bertz CT molecular complexity index is 624. The van der Waals surface area contributed by atoms with Crippen molar-refractivity contribution in [1.29, 1.82) is 0 Å². The van der Waals surface area contributed by atoms with E-state index in [1.807, 2.05) is 0 Å². The van der Waals surface area contributed by atoms with Crippen molar-refractivity contribution in [3.05, 3.63) is 47.7 Å². The van der Waals surface area contributed by atoms with Crippen LogP contribution in [0.2, 0.25) is 0 Å². The van der Waals surface area contributed by atoms with E-state index in [1.54, 1.807) is 0 Å². The van der Waals surface area contributed by atoms with E-state index >= 15 is 0 Å². The molecule has 1 radical (unpaired) electrons. The van der Waals surface area contributed by atoms with Crippen LogP contribution in [0.1, 0.15) is 11.1 Å². The Balaban J connectivity index is 2.46. The molecule has 1 aromatic heterocycles. The van der Waals surface area contributed by atoms with Gasteiger partial charge < -0.3 is 4.74 Å². The largest absolute Gasteiger partial charge is 0.437 e. The number of nitrogens with zero attached hydrogens (tertiary/aromatic N) is 2. The number of halogens is 6. The maximum atomic E-state index is 12.8. The third kappa shape index (κ3) is 3.61. The van der Waals surface area contributed by atoms with Crippen molar-refractivity contribution in [2.75, 3.05) is 0 Å².